The third kappa shape index (κ3) is 3.20. The van der Waals surface area contributed by atoms with Gasteiger partial charge in [0.1, 0.15) is 0 Å². The Balaban J connectivity index is 1.77. The average Bonchev–Trinajstić information content (AvgIpc) is 2.82. The van der Waals surface area contributed by atoms with Gasteiger partial charge < -0.3 is 5.73 Å². The molecule has 0 aromatic carbocycles. The van der Waals surface area contributed by atoms with E-state index < -0.39 is 9.84 Å². The number of sulfone groups is 1. The minimum absolute atomic E-state index is 0.0927. The van der Waals surface area contributed by atoms with Crippen molar-refractivity contribution in [1.29, 1.82) is 0 Å². The zero-order chi connectivity index (χ0) is 15.0. The zero-order valence-corrected chi connectivity index (χ0v) is 13.1. The van der Waals surface area contributed by atoms with E-state index in [-0.39, 0.29) is 5.16 Å². The second-order valence-corrected chi connectivity index (χ2v) is 8.08. The molecule has 0 saturated carbocycles. The SMILES string of the molecule is CS(=O)(=O)c1ncc2c(n1)CCN(Cc1cnc(N)s1)C2. The molecule has 9 heteroatoms. The van der Waals surface area contributed by atoms with E-state index in [2.05, 4.69) is 19.9 Å². The predicted molar refractivity (Wildman–Crippen MR) is 79.5 cm³/mol. The lowest BCUT2D eigenvalue weighted by atomic mass is 10.1. The van der Waals surface area contributed by atoms with Gasteiger partial charge in [-0.25, -0.2) is 23.4 Å². The second kappa shape index (κ2) is 5.32. The number of rotatable bonds is 3. The molecule has 3 heterocycles. The Morgan fingerprint density at radius 3 is 2.86 bits per heavy atom. The van der Waals surface area contributed by atoms with E-state index in [0.29, 0.717) is 18.1 Å². The van der Waals surface area contributed by atoms with Crippen LogP contribution < -0.4 is 5.73 Å². The summed E-state index contributed by atoms with van der Waals surface area (Å²) in [4.78, 5) is 15.5. The van der Waals surface area contributed by atoms with Crippen molar-refractivity contribution in [2.75, 3.05) is 18.5 Å². The smallest absolute Gasteiger partial charge is 0.246 e. The molecule has 2 aromatic heterocycles. The van der Waals surface area contributed by atoms with Crippen molar-refractivity contribution in [3.8, 4) is 0 Å². The molecule has 3 rings (SSSR count). The molecule has 1 aliphatic heterocycles. The molecule has 0 atom stereocenters. The topological polar surface area (TPSA) is 102 Å². The van der Waals surface area contributed by atoms with E-state index >= 15 is 0 Å². The Hall–Kier alpha value is -1.58. The van der Waals surface area contributed by atoms with E-state index in [1.807, 2.05) is 0 Å². The molecule has 1 aliphatic rings. The monoisotopic (exact) mass is 325 g/mol. The highest BCUT2D eigenvalue weighted by Gasteiger charge is 2.21. The van der Waals surface area contributed by atoms with Gasteiger partial charge in [0, 0.05) is 55.1 Å². The first-order valence-corrected chi connectivity index (χ1v) is 9.10. The number of thiazole rings is 1. The van der Waals surface area contributed by atoms with E-state index in [9.17, 15) is 8.42 Å². The maximum absolute atomic E-state index is 11.5. The lowest BCUT2D eigenvalue weighted by Gasteiger charge is -2.27. The van der Waals surface area contributed by atoms with Crippen LogP contribution in [0.15, 0.2) is 17.6 Å². The lowest BCUT2D eigenvalue weighted by Crippen LogP contribution is -2.31. The summed E-state index contributed by atoms with van der Waals surface area (Å²) in [5.41, 5.74) is 7.43. The molecular formula is C12H15N5O2S2. The summed E-state index contributed by atoms with van der Waals surface area (Å²) in [7, 11) is -3.35. The first-order valence-electron chi connectivity index (χ1n) is 6.39. The largest absolute Gasteiger partial charge is 0.375 e. The van der Waals surface area contributed by atoms with Crippen molar-refractivity contribution in [2.24, 2.45) is 0 Å². The molecule has 21 heavy (non-hydrogen) atoms. The summed E-state index contributed by atoms with van der Waals surface area (Å²) in [5, 5.41) is 0.480. The van der Waals surface area contributed by atoms with Crippen molar-refractivity contribution in [3.05, 3.63) is 28.5 Å². The average molecular weight is 325 g/mol. The number of hydrogen-bond donors (Lipinski definition) is 1. The molecular weight excluding hydrogens is 310 g/mol. The van der Waals surface area contributed by atoms with Crippen LogP contribution in [0.5, 0.6) is 0 Å². The maximum atomic E-state index is 11.5. The highest BCUT2D eigenvalue weighted by molar-refractivity contribution is 7.90. The summed E-state index contributed by atoms with van der Waals surface area (Å²) in [6, 6.07) is 0. The third-order valence-electron chi connectivity index (χ3n) is 3.27. The van der Waals surface area contributed by atoms with Gasteiger partial charge in [0.25, 0.3) is 0 Å². The van der Waals surface area contributed by atoms with Gasteiger partial charge in [-0.2, -0.15) is 0 Å². The zero-order valence-electron chi connectivity index (χ0n) is 11.5. The van der Waals surface area contributed by atoms with Crippen LogP contribution in [0.1, 0.15) is 16.1 Å². The van der Waals surface area contributed by atoms with Crippen molar-refractivity contribution in [2.45, 2.75) is 24.7 Å². The van der Waals surface area contributed by atoms with Crippen LogP contribution in [0.2, 0.25) is 0 Å². The minimum Gasteiger partial charge on any atom is -0.375 e. The summed E-state index contributed by atoms with van der Waals surface area (Å²) in [5.74, 6) is 0. The summed E-state index contributed by atoms with van der Waals surface area (Å²) in [6.07, 6.45) is 5.25. The van der Waals surface area contributed by atoms with Crippen LogP contribution in [-0.4, -0.2) is 41.1 Å². The Labute approximate surface area is 126 Å². The molecule has 2 N–H and O–H groups in total. The molecule has 0 unspecified atom stereocenters. The maximum Gasteiger partial charge on any atom is 0.246 e. The van der Waals surface area contributed by atoms with Crippen molar-refractivity contribution in [3.63, 3.8) is 0 Å². The predicted octanol–water partition coefficient (Wildman–Crippen LogP) is 0.477. The van der Waals surface area contributed by atoms with Crippen molar-refractivity contribution >= 4 is 26.3 Å². The lowest BCUT2D eigenvalue weighted by molar-refractivity contribution is 0.244. The molecule has 7 nitrogen and oxygen atoms in total. The third-order valence-corrected chi connectivity index (χ3v) is 4.94. The highest BCUT2D eigenvalue weighted by Crippen LogP contribution is 2.22. The minimum atomic E-state index is -3.35. The molecule has 2 aromatic rings. The Bertz CT molecular complexity index is 772. The standard InChI is InChI=1S/C12H15N5O2S2/c1-21(18,19)12-15-4-8-6-17(3-2-10(8)16-12)7-9-5-14-11(13)20-9/h4-5H,2-3,6-7H2,1H3,(H2,13,14). The number of anilines is 1. The van der Waals surface area contributed by atoms with Crippen molar-refractivity contribution in [1.82, 2.24) is 19.9 Å². The molecule has 0 fully saturated rings. The van der Waals surface area contributed by atoms with Gasteiger partial charge in [-0.05, 0) is 0 Å². The molecule has 0 spiro atoms. The Kier molecular flexibility index (Phi) is 3.64. The molecule has 112 valence electrons. The fraction of sp³-hybridized carbons (Fsp3) is 0.417. The van der Waals surface area contributed by atoms with Crippen LogP contribution in [0, 0.1) is 0 Å². The van der Waals surface area contributed by atoms with Crippen LogP contribution in [0.25, 0.3) is 0 Å². The van der Waals surface area contributed by atoms with Crippen LogP contribution in [0.3, 0.4) is 0 Å². The molecule has 0 aliphatic carbocycles. The van der Waals surface area contributed by atoms with Gasteiger partial charge >= 0.3 is 0 Å². The first kappa shape index (κ1) is 14.4. The fourth-order valence-corrected chi connectivity index (χ4v) is 3.53. The first-order chi connectivity index (χ1) is 9.91. The van der Waals surface area contributed by atoms with Gasteiger partial charge in [-0.1, -0.05) is 0 Å². The Morgan fingerprint density at radius 1 is 1.38 bits per heavy atom. The number of aromatic nitrogens is 3. The molecule has 0 amide bonds. The van der Waals surface area contributed by atoms with E-state index in [1.54, 1.807) is 12.4 Å². The van der Waals surface area contributed by atoms with Gasteiger partial charge in [-0.15, -0.1) is 11.3 Å². The number of fused-ring (bicyclic) bond motifs is 1. The Morgan fingerprint density at radius 2 is 2.19 bits per heavy atom. The number of nitrogen functional groups attached to an aromatic ring is 1. The van der Waals surface area contributed by atoms with Crippen LogP contribution >= 0.6 is 11.3 Å². The summed E-state index contributed by atoms with van der Waals surface area (Å²) < 4.78 is 22.9. The number of nitrogens with zero attached hydrogens (tertiary/aromatic N) is 4. The van der Waals surface area contributed by atoms with E-state index in [4.69, 9.17) is 5.73 Å². The quantitative estimate of drug-likeness (QED) is 0.819. The highest BCUT2D eigenvalue weighted by atomic mass is 32.2. The van der Waals surface area contributed by atoms with Gasteiger partial charge in [0.15, 0.2) is 5.13 Å². The van der Waals surface area contributed by atoms with Crippen molar-refractivity contribution < 1.29 is 8.42 Å². The van der Waals surface area contributed by atoms with Crippen LogP contribution in [0.4, 0.5) is 5.13 Å². The summed E-state index contributed by atoms with van der Waals surface area (Å²) in [6.45, 7) is 2.31. The van der Waals surface area contributed by atoms with Gasteiger partial charge in [0.05, 0.1) is 5.69 Å². The second-order valence-electron chi connectivity index (χ2n) is 5.02. The summed E-state index contributed by atoms with van der Waals surface area (Å²) >= 11 is 1.48. The van der Waals surface area contributed by atoms with Crippen LogP contribution in [-0.2, 0) is 29.3 Å². The van der Waals surface area contributed by atoms with E-state index in [1.165, 1.54) is 11.3 Å². The normalized spacial score (nSPS) is 15.9. The molecule has 0 bridgehead atoms. The number of nitrogens with two attached hydrogens (primary N) is 1. The van der Waals surface area contributed by atoms with Gasteiger partial charge in [-0.3, -0.25) is 4.90 Å². The fourth-order valence-electron chi connectivity index (χ4n) is 2.29. The molecule has 0 radical (unpaired) electrons. The van der Waals surface area contributed by atoms with E-state index in [0.717, 1.165) is 35.5 Å². The number of hydrogen-bond acceptors (Lipinski definition) is 8. The molecule has 0 saturated heterocycles. The van der Waals surface area contributed by atoms with Gasteiger partial charge in [0.2, 0.25) is 15.0 Å².